The number of hydrogen-bond acceptors (Lipinski definition) is 6. The van der Waals surface area contributed by atoms with Gasteiger partial charge in [-0.25, -0.2) is 0 Å². The Kier molecular flexibility index (Phi) is 43.5. The Morgan fingerprint density at radius 1 is 0.368 bits per heavy atom. The van der Waals surface area contributed by atoms with Crippen molar-refractivity contribution in [1.29, 1.82) is 0 Å². The quantitative estimate of drug-likeness (QED) is 0.0265. The molecule has 0 fully saturated rings. The van der Waals surface area contributed by atoms with Crippen molar-refractivity contribution >= 4 is 17.9 Å². The SMILES string of the molecule is CC/C=C\C/C=C\C/C=C\C/C=C\C/C=C\CCC(=O)OCC(COC(=O)CCCCCCCCCCCC)OC(=O)CCCCCCCCCCCCCCC. The van der Waals surface area contributed by atoms with Crippen LogP contribution in [0.5, 0.6) is 0 Å². The van der Waals surface area contributed by atoms with Gasteiger partial charge < -0.3 is 14.2 Å². The zero-order chi connectivity index (χ0) is 41.5. The Morgan fingerprint density at radius 3 is 1.07 bits per heavy atom. The van der Waals surface area contributed by atoms with Crippen LogP contribution in [-0.2, 0) is 28.6 Å². The number of hydrogen-bond donors (Lipinski definition) is 0. The lowest BCUT2D eigenvalue weighted by atomic mass is 10.0. The van der Waals surface area contributed by atoms with Crippen LogP contribution in [0.4, 0.5) is 0 Å². The smallest absolute Gasteiger partial charge is 0.306 e. The Morgan fingerprint density at radius 2 is 0.684 bits per heavy atom. The van der Waals surface area contributed by atoms with Crippen LogP contribution in [0.1, 0.15) is 226 Å². The van der Waals surface area contributed by atoms with E-state index < -0.39 is 6.10 Å². The lowest BCUT2D eigenvalue weighted by Gasteiger charge is -2.18. The molecule has 6 heteroatoms. The normalized spacial score (nSPS) is 12.5. The molecule has 0 aromatic carbocycles. The van der Waals surface area contributed by atoms with Gasteiger partial charge in [-0.1, -0.05) is 216 Å². The third kappa shape index (κ3) is 44.1. The number of rotatable bonds is 42. The largest absolute Gasteiger partial charge is 0.462 e. The molecule has 1 atom stereocenters. The number of allylic oxidation sites excluding steroid dienone is 10. The van der Waals surface area contributed by atoms with E-state index in [1.54, 1.807) is 0 Å². The molecule has 0 heterocycles. The van der Waals surface area contributed by atoms with Gasteiger partial charge in [0.2, 0.25) is 0 Å². The molecule has 1 unspecified atom stereocenters. The van der Waals surface area contributed by atoms with Crippen molar-refractivity contribution < 1.29 is 28.6 Å². The highest BCUT2D eigenvalue weighted by molar-refractivity contribution is 5.71. The Labute approximate surface area is 351 Å². The minimum absolute atomic E-state index is 0.0943. The second-order valence-electron chi connectivity index (χ2n) is 15.6. The molecule has 328 valence electrons. The topological polar surface area (TPSA) is 78.9 Å². The molecule has 0 aliphatic carbocycles. The average molecular weight is 797 g/mol. The van der Waals surface area contributed by atoms with Crippen molar-refractivity contribution in [3.63, 3.8) is 0 Å². The zero-order valence-electron chi connectivity index (χ0n) is 37.3. The molecule has 57 heavy (non-hydrogen) atoms. The van der Waals surface area contributed by atoms with Gasteiger partial charge in [-0.3, -0.25) is 14.4 Å². The third-order valence-corrected chi connectivity index (χ3v) is 10.1. The monoisotopic (exact) mass is 797 g/mol. The fourth-order valence-corrected chi connectivity index (χ4v) is 6.49. The molecule has 0 bridgehead atoms. The fraction of sp³-hybridized carbons (Fsp3) is 0.745. The maximum atomic E-state index is 12.7. The van der Waals surface area contributed by atoms with Crippen LogP contribution in [-0.4, -0.2) is 37.2 Å². The van der Waals surface area contributed by atoms with E-state index in [1.165, 1.54) is 109 Å². The molecule has 0 aliphatic heterocycles. The summed E-state index contributed by atoms with van der Waals surface area (Å²) in [6.07, 6.45) is 55.0. The van der Waals surface area contributed by atoms with E-state index in [2.05, 4.69) is 75.5 Å². The van der Waals surface area contributed by atoms with E-state index in [0.29, 0.717) is 19.3 Å². The maximum Gasteiger partial charge on any atom is 0.306 e. The number of carbonyl (C=O) groups excluding carboxylic acids is 3. The number of ether oxygens (including phenoxy) is 3. The summed E-state index contributed by atoms with van der Waals surface area (Å²) in [6, 6.07) is 0. The molecule has 0 rings (SSSR count). The van der Waals surface area contributed by atoms with Gasteiger partial charge in [-0.05, 0) is 51.4 Å². The van der Waals surface area contributed by atoms with Crippen LogP contribution in [0.25, 0.3) is 0 Å². The molecule has 0 radical (unpaired) electrons. The van der Waals surface area contributed by atoms with E-state index >= 15 is 0 Å². The van der Waals surface area contributed by atoms with Crippen molar-refractivity contribution in [3.8, 4) is 0 Å². The Bertz CT molecular complexity index is 1050. The van der Waals surface area contributed by atoms with E-state index in [4.69, 9.17) is 14.2 Å². The molecule has 0 amide bonds. The lowest BCUT2D eigenvalue weighted by Crippen LogP contribution is -2.30. The minimum Gasteiger partial charge on any atom is -0.462 e. The molecule has 0 saturated heterocycles. The van der Waals surface area contributed by atoms with E-state index in [9.17, 15) is 14.4 Å². The van der Waals surface area contributed by atoms with Crippen molar-refractivity contribution in [1.82, 2.24) is 0 Å². The Balaban J connectivity index is 4.46. The number of unbranched alkanes of at least 4 members (excludes halogenated alkanes) is 21. The minimum atomic E-state index is -0.797. The van der Waals surface area contributed by atoms with E-state index in [-0.39, 0.29) is 37.5 Å². The summed E-state index contributed by atoms with van der Waals surface area (Å²) in [5, 5.41) is 0. The highest BCUT2D eigenvalue weighted by Gasteiger charge is 2.19. The molecular formula is C51H88O6. The highest BCUT2D eigenvalue weighted by Crippen LogP contribution is 2.15. The van der Waals surface area contributed by atoms with Gasteiger partial charge in [-0.15, -0.1) is 0 Å². The number of carbonyl (C=O) groups is 3. The van der Waals surface area contributed by atoms with Gasteiger partial charge in [0, 0.05) is 19.3 Å². The average Bonchev–Trinajstić information content (AvgIpc) is 3.21. The first-order valence-corrected chi connectivity index (χ1v) is 23.8. The van der Waals surface area contributed by atoms with Crippen molar-refractivity contribution in [3.05, 3.63) is 60.8 Å². The van der Waals surface area contributed by atoms with Crippen LogP contribution in [0, 0.1) is 0 Å². The molecular weight excluding hydrogens is 709 g/mol. The second-order valence-corrected chi connectivity index (χ2v) is 15.6. The molecule has 0 spiro atoms. The van der Waals surface area contributed by atoms with Crippen LogP contribution in [0.15, 0.2) is 60.8 Å². The summed E-state index contributed by atoms with van der Waals surface area (Å²) >= 11 is 0. The van der Waals surface area contributed by atoms with Gasteiger partial charge in [0.05, 0.1) is 0 Å². The van der Waals surface area contributed by atoms with Crippen LogP contribution in [0.3, 0.4) is 0 Å². The van der Waals surface area contributed by atoms with Gasteiger partial charge in [0.25, 0.3) is 0 Å². The first-order valence-electron chi connectivity index (χ1n) is 23.8. The number of esters is 3. The molecule has 0 aromatic heterocycles. The lowest BCUT2D eigenvalue weighted by molar-refractivity contribution is -0.166. The van der Waals surface area contributed by atoms with Gasteiger partial charge in [0.15, 0.2) is 6.10 Å². The zero-order valence-corrected chi connectivity index (χ0v) is 37.3. The molecule has 0 N–H and O–H groups in total. The summed E-state index contributed by atoms with van der Waals surface area (Å²) in [7, 11) is 0. The first-order chi connectivity index (χ1) is 28.0. The molecule has 0 aromatic rings. The van der Waals surface area contributed by atoms with E-state index in [1.807, 2.05) is 6.08 Å². The highest BCUT2D eigenvalue weighted by atomic mass is 16.6. The third-order valence-electron chi connectivity index (χ3n) is 10.1. The predicted molar refractivity (Wildman–Crippen MR) is 242 cm³/mol. The summed E-state index contributed by atoms with van der Waals surface area (Å²) < 4.78 is 16.7. The molecule has 0 aliphatic rings. The summed E-state index contributed by atoms with van der Waals surface area (Å²) in [5.74, 6) is -0.981. The standard InChI is InChI=1S/C51H88O6/c1-4-7-10-13-16-19-22-24-25-26-28-29-32-35-38-41-44-50(53)56-47-48(46-55-49(52)43-40-37-34-31-21-18-15-12-9-6-3)57-51(54)45-42-39-36-33-30-27-23-20-17-14-11-8-5-2/h7,10,16,19,24-25,28-29,35,38,48H,4-6,8-9,11-15,17-18,20-23,26-27,30-34,36-37,39-47H2,1-3H3/b10-7-,19-16-,25-24-,29-28-,38-35-. The van der Waals surface area contributed by atoms with E-state index in [0.717, 1.165) is 70.6 Å². The molecule has 0 saturated carbocycles. The van der Waals surface area contributed by atoms with Crippen molar-refractivity contribution in [2.24, 2.45) is 0 Å². The fourth-order valence-electron chi connectivity index (χ4n) is 6.49. The maximum absolute atomic E-state index is 12.7. The predicted octanol–water partition coefficient (Wildman–Crippen LogP) is 15.3. The first kappa shape index (κ1) is 54.1. The van der Waals surface area contributed by atoms with Gasteiger partial charge in [-0.2, -0.15) is 0 Å². The van der Waals surface area contributed by atoms with Gasteiger partial charge in [0.1, 0.15) is 13.2 Å². The van der Waals surface area contributed by atoms with Crippen LogP contribution < -0.4 is 0 Å². The van der Waals surface area contributed by atoms with Gasteiger partial charge >= 0.3 is 17.9 Å². The summed E-state index contributed by atoms with van der Waals surface area (Å²) in [4.78, 5) is 37.7. The summed E-state index contributed by atoms with van der Waals surface area (Å²) in [5.41, 5.74) is 0. The van der Waals surface area contributed by atoms with Crippen LogP contribution >= 0.6 is 0 Å². The van der Waals surface area contributed by atoms with Crippen molar-refractivity contribution in [2.45, 2.75) is 232 Å². The van der Waals surface area contributed by atoms with Crippen LogP contribution in [0.2, 0.25) is 0 Å². The second kappa shape index (κ2) is 45.8. The summed E-state index contributed by atoms with van der Waals surface area (Å²) in [6.45, 7) is 6.44. The Hall–Kier alpha value is -2.89. The molecule has 6 nitrogen and oxygen atoms in total. The van der Waals surface area contributed by atoms with Crippen molar-refractivity contribution in [2.75, 3.05) is 13.2 Å².